The molecule has 0 amide bonds. The minimum absolute atomic E-state index is 0.265. The van der Waals surface area contributed by atoms with Crippen molar-refractivity contribution >= 4 is 5.69 Å². The largest absolute Gasteiger partial charge is 0.457 e. The molecule has 0 atom stereocenters. The molecule has 0 saturated heterocycles. The van der Waals surface area contributed by atoms with Gasteiger partial charge in [-0.25, -0.2) is 0 Å². The van der Waals surface area contributed by atoms with Crippen molar-refractivity contribution in [3.8, 4) is 23.1 Å². The van der Waals surface area contributed by atoms with E-state index in [1.807, 2.05) is 0 Å². The van der Waals surface area contributed by atoms with Crippen LogP contribution >= 0.6 is 0 Å². The first kappa shape index (κ1) is 21.9. The monoisotopic (exact) mass is 447 g/mol. The fraction of sp³-hybridized carbons (Fsp3) is 0.167. The SMILES string of the molecule is Cn1nc(Oc2cc(Oc3cccc(C(F)(F)F)c3)cc([N+](=O)[O-])c2)cc1C(F)(F)F. The van der Waals surface area contributed by atoms with Crippen molar-refractivity contribution in [3.63, 3.8) is 0 Å². The van der Waals surface area contributed by atoms with Crippen molar-refractivity contribution in [2.24, 2.45) is 7.05 Å². The zero-order valence-electron chi connectivity index (χ0n) is 15.4. The van der Waals surface area contributed by atoms with Gasteiger partial charge in [-0.1, -0.05) is 6.07 Å². The van der Waals surface area contributed by atoms with Gasteiger partial charge in [-0.05, 0) is 18.2 Å². The van der Waals surface area contributed by atoms with Crippen LogP contribution in [0.1, 0.15) is 11.3 Å². The summed E-state index contributed by atoms with van der Waals surface area (Å²) in [6, 6.07) is 7.26. The Morgan fingerprint density at radius 2 is 1.55 bits per heavy atom. The van der Waals surface area contributed by atoms with Gasteiger partial charge in [-0.3, -0.25) is 14.8 Å². The molecule has 0 N–H and O–H groups in total. The fourth-order valence-corrected chi connectivity index (χ4v) is 2.53. The molecule has 7 nitrogen and oxygen atoms in total. The number of aromatic nitrogens is 2. The van der Waals surface area contributed by atoms with Gasteiger partial charge in [0, 0.05) is 19.2 Å². The maximum Gasteiger partial charge on any atom is 0.433 e. The first-order valence-electron chi connectivity index (χ1n) is 8.26. The van der Waals surface area contributed by atoms with Crippen LogP contribution in [0.25, 0.3) is 0 Å². The maximum absolute atomic E-state index is 12.9. The van der Waals surface area contributed by atoms with Gasteiger partial charge in [0.2, 0.25) is 5.88 Å². The van der Waals surface area contributed by atoms with E-state index in [0.29, 0.717) is 16.8 Å². The van der Waals surface area contributed by atoms with Crippen LogP contribution in [0, 0.1) is 10.1 Å². The van der Waals surface area contributed by atoms with Crippen LogP contribution in [0.3, 0.4) is 0 Å². The second-order valence-corrected chi connectivity index (χ2v) is 6.14. The van der Waals surface area contributed by atoms with Crippen molar-refractivity contribution in [3.05, 3.63) is 69.9 Å². The predicted octanol–water partition coefficient (Wildman–Crippen LogP) is 5.95. The lowest BCUT2D eigenvalue weighted by molar-refractivity contribution is -0.385. The molecule has 0 aliphatic carbocycles. The number of nitrogens with zero attached hydrogens (tertiary/aromatic N) is 3. The Morgan fingerprint density at radius 3 is 2.10 bits per heavy atom. The van der Waals surface area contributed by atoms with Gasteiger partial charge in [0.25, 0.3) is 5.69 Å². The topological polar surface area (TPSA) is 79.4 Å². The zero-order chi connectivity index (χ0) is 23.0. The molecule has 3 aromatic rings. The first-order valence-corrected chi connectivity index (χ1v) is 8.26. The highest BCUT2D eigenvalue weighted by Gasteiger charge is 2.35. The summed E-state index contributed by atoms with van der Waals surface area (Å²) in [5.41, 5.74) is -2.68. The van der Waals surface area contributed by atoms with E-state index in [1.54, 1.807) is 0 Å². The van der Waals surface area contributed by atoms with Crippen LogP contribution in [0.4, 0.5) is 32.0 Å². The molecule has 0 spiro atoms. The van der Waals surface area contributed by atoms with Crippen LogP contribution in [-0.4, -0.2) is 14.7 Å². The summed E-state index contributed by atoms with van der Waals surface area (Å²) >= 11 is 0. The minimum Gasteiger partial charge on any atom is -0.457 e. The van der Waals surface area contributed by atoms with Crippen molar-refractivity contribution < 1.29 is 40.7 Å². The van der Waals surface area contributed by atoms with E-state index in [4.69, 9.17) is 9.47 Å². The number of halogens is 6. The Labute approximate surface area is 169 Å². The Hall–Kier alpha value is -3.77. The Kier molecular flexibility index (Phi) is 5.53. The summed E-state index contributed by atoms with van der Waals surface area (Å²) in [4.78, 5) is 10.3. The number of nitro benzene ring substituents is 1. The summed E-state index contributed by atoms with van der Waals surface area (Å²) in [5.74, 6) is -1.34. The molecule has 0 bridgehead atoms. The van der Waals surface area contributed by atoms with Crippen molar-refractivity contribution in [2.45, 2.75) is 12.4 Å². The zero-order valence-corrected chi connectivity index (χ0v) is 15.4. The number of aryl methyl sites for hydroxylation is 1. The van der Waals surface area contributed by atoms with Gasteiger partial charge >= 0.3 is 12.4 Å². The van der Waals surface area contributed by atoms with Gasteiger partial charge in [0.05, 0.1) is 22.6 Å². The maximum atomic E-state index is 12.9. The van der Waals surface area contributed by atoms with Crippen LogP contribution in [0.2, 0.25) is 0 Å². The van der Waals surface area contributed by atoms with Gasteiger partial charge in [-0.15, -0.1) is 5.10 Å². The summed E-state index contributed by atoms with van der Waals surface area (Å²) in [5, 5.41) is 14.7. The van der Waals surface area contributed by atoms with Crippen molar-refractivity contribution in [2.75, 3.05) is 0 Å². The van der Waals surface area contributed by atoms with Crippen LogP contribution < -0.4 is 9.47 Å². The van der Waals surface area contributed by atoms with E-state index in [1.165, 1.54) is 6.07 Å². The lowest BCUT2D eigenvalue weighted by Gasteiger charge is -2.11. The molecule has 0 saturated carbocycles. The molecular formula is C18H11F6N3O4. The third-order valence-electron chi connectivity index (χ3n) is 3.84. The third kappa shape index (κ3) is 5.24. The van der Waals surface area contributed by atoms with Gasteiger partial charge < -0.3 is 9.47 Å². The average Bonchev–Trinajstić information content (AvgIpc) is 3.01. The van der Waals surface area contributed by atoms with E-state index in [2.05, 4.69) is 5.10 Å². The van der Waals surface area contributed by atoms with Crippen molar-refractivity contribution in [1.29, 1.82) is 0 Å². The molecule has 31 heavy (non-hydrogen) atoms. The van der Waals surface area contributed by atoms with Gasteiger partial charge in [0.1, 0.15) is 22.9 Å². The molecule has 0 fully saturated rings. The molecule has 1 heterocycles. The molecular weight excluding hydrogens is 436 g/mol. The molecule has 0 aliphatic heterocycles. The van der Waals surface area contributed by atoms with Crippen molar-refractivity contribution in [1.82, 2.24) is 9.78 Å². The number of benzene rings is 2. The number of hydrogen-bond acceptors (Lipinski definition) is 5. The first-order chi connectivity index (χ1) is 14.3. The average molecular weight is 447 g/mol. The Bertz CT molecular complexity index is 1120. The number of hydrogen-bond donors (Lipinski definition) is 0. The molecule has 164 valence electrons. The molecule has 3 rings (SSSR count). The number of non-ortho nitro benzene ring substituents is 1. The predicted molar refractivity (Wildman–Crippen MR) is 92.9 cm³/mol. The quantitative estimate of drug-likeness (QED) is 0.274. The summed E-state index contributed by atoms with van der Waals surface area (Å²) in [7, 11) is 1.03. The molecule has 0 radical (unpaired) electrons. The van der Waals surface area contributed by atoms with Crippen LogP contribution in [0.5, 0.6) is 23.1 Å². The van der Waals surface area contributed by atoms with Gasteiger partial charge in [0.15, 0.2) is 0 Å². The molecule has 0 unspecified atom stereocenters. The Morgan fingerprint density at radius 1 is 0.903 bits per heavy atom. The molecule has 2 aromatic carbocycles. The molecule has 1 aromatic heterocycles. The second kappa shape index (κ2) is 7.81. The van der Waals surface area contributed by atoms with E-state index in [-0.39, 0.29) is 17.2 Å². The molecule has 13 heteroatoms. The van der Waals surface area contributed by atoms with E-state index >= 15 is 0 Å². The van der Waals surface area contributed by atoms with Crippen LogP contribution in [-0.2, 0) is 19.4 Å². The summed E-state index contributed by atoms with van der Waals surface area (Å²) in [6.45, 7) is 0. The smallest absolute Gasteiger partial charge is 0.433 e. The number of ether oxygens (including phenoxy) is 2. The Balaban J connectivity index is 1.93. The summed E-state index contributed by atoms with van der Waals surface area (Å²) in [6.07, 6.45) is -9.34. The minimum atomic E-state index is -4.70. The highest BCUT2D eigenvalue weighted by molar-refractivity contribution is 5.48. The highest BCUT2D eigenvalue weighted by atomic mass is 19.4. The number of alkyl halides is 6. The normalized spacial score (nSPS) is 12.0. The number of nitro groups is 1. The molecule has 0 aliphatic rings. The van der Waals surface area contributed by atoms with E-state index < -0.39 is 40.1 Å². The second-order valence-electron chi connectivity index (χ2n) is 6.14. The van der Waals surface area contributed by atoms with Gasteiger partial charge in [-0.2, -0.15) is 26.3 Å². The highest BCUT2D eigenvalue weighted by Crippen LogP contribution is 2.37. The van der Waals surface area contributed by atoms with Crippen LogP contribution in [0.15, 0.2) is 48.5 Å². The fourth-order valence-electron chi connectivity index (χ4n) is 2.53. The summed E-state index contributed by atoms with van der Waals surface area (Å²) < 4.78 is 88.2. The van der Waals surface area contributed by atoms with E-state index in [9.17, 15) is 36.5 Å². The van der Waals surface area contributed by atoms with E-state index in [0.717, 1.165) is 37.4 Å². The lowest BCUT2D eigenvalue weighted by atomic mass is 10.2. The standard InChI is InChI=1S/C18H11F6N3O4/c1-26-15(18(22,23)24)9-16(25-26)31-14-7-11(27(28)29)6-13(8-14)30-12-4-2-3-10(5-12)17(19,20)21/h2-9H,1H3. The third-order valence-corrected chi connectivity index (χ3v) is 3.84. The number of rotatable bonds is 5. The lowest BCUT2D eigenvalue weighted by Crippen LogP contribution is -2.11.